The van der Waals surface area contributed by atoms with Crippen LogP contribution in [0, 0.1) is 0 Å². The van der Waals surface area contributed by atoms with E-state index in [-0.39, 0.29) is 0 Å². The van der Waals surface area contributed by atoms with Gasteiger partial charge in [-0.05, 0) is 47.6 Å². The van der Waals surface area contributed by atoms with E-state index in [1.807, 2.05) is 30.8 Å². The van der Waals surface area contributed by atoms with Crippen LogP contribution < -0.4 is 5.59 Å². The van der Waals surface area contributed by atoms with Crippen LogP contribution in [0.4, 0.5) is 0 Å². The Bertz CT molecular complexity index is 367. The van der Waals surface area contributed by atoms with E-state index in [9.17, 15) is 5.11 Å². The summed E-state index contributed by atoms with van der Waals surface area (Å²) in [5.74, 6) is 0. The predicted molar refractivity (Wildman–Crippen MR) is 69.5 cm³/mol. The van der Waals surface area contributed by atoms with Gasteiger partial charge in [-0.15, -0.1) is 0 Å². The lowest BCUT2D eigenvalue weighted by Gasteiger charge is -2.37. The number of hydrogen-bond donors (Lipinski definition) is 1. The van der Waals surface area contributed by atoms with Crippen molar-refractivity contribution in [1.29, 1.82) is 0 Å². The molecule has 1 aromatic rings. The molecule has 4 nitrogen and oxygen atoms in total. The Morgan fingerprint density at radius 1 is 1.35 bits per heavy atom. The molecule has 0 unspecified atom stereocenters. The third-order valence-electron chi connectivity index (χ3n) is 3.11. The second-order valence-corrected chi connectivity index (χ2v) is 5.62. The normalized spacial score (nSPS) is 13.2. The fourth-order valence-corrected chi connectivity index (χ4v) is 1.06. The van der Waals surface area contributed by atoms with Gasteiger partial charge in [0.25, 0.3) is 0 Å². The summed E-state index contributed by atoms with van der Waals surface area (Å²) in [6.45, 7) is 11.3. The highest BCUT2D eigenvalue weighted by atomic mass is 16.5. The summed E-state index contributed by atoms with van der Waals surface area (Å²) in [7, 11) is 1.59. The third-order valence-corrected chi connectivity index (χ3v) is 3.11. The Labute approximate surface area is 104 Å². The lowest BCUT2D eigenvalue weighted by atomic mass is 9.85. The highest BCUT2D eigenvalue weighted by Gasteiger charge is 2.35. The molecule has 1 aromatic heterocycles. The molecule has 0 aliphatic carbocycles. The van der Waals surface area contributed by atoms with Crippen LogP contribution in [0.15, 0.2) is 12.3 Å². The first kappa shape index (κ1) is 14.3. The van der Waals surface area contributed by atoms with Crippen LogP contribution in [0.1, 0.15) is 47.6 Å². The zero-order chi connectivity index (χ0) is 13.3. The molecule has 0 atom stereocenters. The SMILES string of the molecule is CC(C)n1ccc([B]OC(C)(C)C(C)(C)O)n1. The molecule has 1 N–H and O–H groups in total. The van der Waals surface area contributed by atoms with Crippen molar-refractivity contribution < 1.29 is 9.76 Å². The molecule has 17 heavy (non-hydrogen) atoms. The van der Waals surface area contributed by atoms with Crippen LogP contribution in [0.5, 0.6) is 0 Å². The van der Waals surface area contributed by atoms with E-state index >= 15 is 0 Å². The van der Waals surface area contributed by atoms with E-state index in [1.165, 1.54) is 0 Å². The first-order chi connectivity index (χ1) is 7.63. The van der Waals surface area contributed by atoms with E-state index in [1.54, 1.807) is 21.3 Å². The summed E-state index contributed by atoms with van der Waals surface area (Å²) in [4.78, 5) is 0. The third kappa shape index (κ3) is 3.58. The van der Waals surface area contributed by atoms with Gasteiger partial charge in [-0.1, -0.05) is 0 Å². The highest BCUT2D eigenvalue weighted by Crippen LogP contribution is 2.24. The van der Waals surface area contributed by atoms with E-state index in [0.29, 0.717) is 6.04 Å². The molecule has 1 radical (unpaired) electrons. The molecule has 0 fully saturated rings. The molecule has 0 saturated carbocycles. The molecular weight excluding hydrogens is 215 g/mol. The summed E-state index contributed by atoms with van der Waals surface area (Å²) in [6.07, 6.45) is 1.91. The van der Waals surface area contributed by atoms with Crippen molar-refractivity contribution >= 4 is 13.1 Å². The summed E-state index contributed by atoms with van der Waals surface area (Å²) < 4.78 is 7.49. The van der Waals surface area contributed by atoms with Crippen LogP contribution >= 0.6 is 0 Å². The van der Waals surface area contributed by atoms with Crippen LogP contribution in [-0.4, -0.2) is 33.6 Å². The lowest BCUT2D eigenvalue weighted by molar-refractivity contribution is -0.0893. The lowest BCUT2D eigenvalue weighted by Crippen LogP contribution is -2.49. The van der Waals surface area contributed by atoms with Crippen LogP contribution in [-0.2, 0) is 4.65 Å². The molecule has 0 aromatic carbocycles. The average Bonchev–Trinajstić information content (AvgIpc) is 2.61. The maximum Gasteiger partial charge on any atom is 0.354 e. The maximum absolute atomic E-state index is 9.95. The number of hydrogen-bond acceptors (Lipinski definition) is 3. The molecule has 1 heterocycles. The molecule has 0 saturated heterocycles. The molecule has 1 rings (SSSR count). The highest BCUT2D eigenvalue weighted by molar-refractivity contribution is 6.45. The van der Waals surface area contributed by atoms with Crippen molar-refractivity contribution in [3.63, 3.8) is 0 Å². The van der Waals surface area contributed by atoms with Gasteiger partial charge in [0, 0.05) is 12.2 Å². The standard InChI is InChI=1S/C12H22BN2O2/c1-9(2)15-8-7-10(14-15)13-17-12(5,6)11(3,4)16/h7-9,16H,1-6H3. The molecule has 0 aliphatic heterocycles. The topological polar surface area (TPSA) is 47.3 Å². The Balaban J connectivity index is 2.61. The maximum atomic E-state index is 9.95. The van der Waals surface area contributed by atoms with Gasteiger partial charge in [0.05, 0.1) is 16.8 Å². The zero-order valence-corrected chi connectivity index (χ0v) is 11.6. The van der Waals surface area contributed by atoms with Crippen molar-refractivity contribution in [1.82, 2.24) is 9.78 Å². The van der Waals surface area contributed by atoms with E-state index < -0.39 is 11.2 Å². The van der Waals surface area contributed by atoms with E-state index in [4.69, 9.17) is 4.65 Å². The second-order valence-electron chi connectivity index (χ2n) is 5.62. The largest absolute Gasteiger partial charge is 0.425 e. The van der Waals surface area contributed by atoms with Crippen LogP contribution in [0.3, 0.4) is 0 Å². The minimum Gasteiger partial charge on any atom is -0.425 e. The van der Waals surface area contributed by atoms with E-state index in [0.717, 1.165) is 5.59 Å². The van der Waals surface area contributed by atoms with Crippen LogP contribution in [0.25, 0.3) is 0 Å². The van der Waals surface area contributed by atoms with Crippen molar-refractivity contribution in [3.8, 4) is 0 Å². The molecule has 0 aliphatic rings. The molecular formula is C12H22BN2O2. The summed E-state index contributed by atoms with van der Waals surface area (Å²) in [6, 6.07) is 2.22. The first-order valence-corrected chi connectivity index (χ1v) is 5.92. The number of nitrogens with zero attached hydrogens (tertiary/aromatic N) is 2. The van der Waals surface area contributed by atoms with Gasteiger partial charge in [-0.25, -0.2) is 0 Å². The molecule has 0 amide bonds. The summed E-state index contributed by atoms with van der Waals surface area (Å²) >= 11 is 0. The van der Waals surface area contributed by atoms with Crippen LogP contribution in [0.2, 0.25) is 0 Å². The molecule has 5 heteroatoms. The Hall–Kier alpha value is -0.805. The quantitative estimate of drug-likeness (QED) is 0.784. The smallest absolute Gasteiger partial charge is 0.354 e. The predicted octanol–water partition coefficient (Wildman–Crippen LogP) is 1.27. The van der Waals surface area contributed by atoms with Gasteiger partial charge in [0.15, 0.2) is 0 Å². The molecule has 95 valence electrons. The van der Waals surface area contributed by atoms with Gasteiger partial charge in [0.1, 0.15) is 0 Å². The number of aliphatic hydroxyl groups is 1. The Morgan fingerprint density at radius 2 is 1.94 bits per heavy atom. The van der Waals surface area contributed by atoms with Gasteiger partial charge in [-0.2, -0.15) is 5.10 Å². The minimum absolute atomic E-state index is 0.333. The van der Waals surface area contributed by atoms with Gasteiger partial charge in [0.2, 0.25) is 0 Å². The van der Waals surface area contributed by atoms with Gasteiger partial charge >= 0.3 is 7.48 Å². The Kier molecular flexibility index (Phi) is 4.04. The number of rotatable bonds is 5. The number of aromatic nitrogens is 2. The second kappa shape index (κ2) is 4.82. The van der Waals surface area contributed by atoms with Crippen molar-refractivity contribution in [3.05, 3.63) is 12.3 Å². The zero-order valence-electron chi connectivity index (χ0n) is 11.6. The van der Waals surface area contributed by atoms with Crippen molar-refractivity contribution in [2.45, 2.75) is 58.8 Å². The molecule has 0 bridgehead atoms. The minimum atomic E-state index is -0.913. The fraction of sp³-hybridized carbons (Fsp3) is 0.750. The average molecular weight is 237 g/mol. The Morgan fingerprint density at radius 3 is 2.35 bits per heavy atom. The monoisotopic (exact) mass is 237 g/mol. The van der Waals surface area contributed by atoms with Crippen molar-refractivity contribution in [2.24, 2.45) is 0 Å². The molecule has 0 spiro atoms. The van der Waals surface area contributed by atoms with Crippen molar-refractivity contribution in [2.75, 3.05) is 0 Å². The van der Waals surface area contributed by atoms with Gasteiger partial charge in [-0.3, -0.25) is 4.68 Å². The fourth-order valence-electron chi connectivity index (χ4n) is 1.06. The summed E-state index contributed by atoms with van der Waals surface area (Å²) in [5.41, 5.74) is -0.811. The summed E-state index contributed by atoms with van der Waals surface area (Å²) in [5, 5.41) is 14.3. The van der Waals surface area contributed by atoms with E-state index in [2.05, 4.69) is 18.9 Å². The first-order valence-electron chi connectivity index (χ1n) is 5.92. The van der Waals surface area contributed by atoms with Gasteiger partial charge < -0.3 is 9.76 Å².